The van der Waals surface area contributed by atoms with E-state index in [1.54, 1.807) is 30.3 Å². The molecule has 1 aromatic rings. The van der Waals surface area contributed by atoms with Crippen LogP contribution < -0.4 is 6.15 Å². The molecule has 92 valence electrons. The van der Waals surface area contributed by atoms with Gasteiger partial charge in [0.15, 0.2) is 11.6 Å². The van der Waals surface area contributed by atoms with Gasteiger partial charge in [0.25, 0.3) is 0 Å². The molecule has 4 nitrogen and oxygen atoms in total. The molecule has 4 heteroatoms. The molecular weight excluding hydrogens is 230 g/mol. The highest BCUT2D eigenvalue weighted by molar-refractivity contribution is 6.28. The Morgan fingerprint density at radius 3 is 2.28 bits per heavy atom. The van der Waals surface area contributed by atoms with E-state index in [1.165, 1.54) is 0 Å². The molecule has 0 saturated heterocycles. The van der Waals surface area contributed by atoms with E-state index in [0.29, 0.717) is 29.5 Å². The fourth-order valence-corrected chi connectivity index (χ4v) is 2.39. The molecule has 0 aliphatic heterocycles. The second-order valence-corrected chi connectivity index (χ2v) is 4.19. The topological polar surface area (TPSA) is 89.4 Å². The molecule has 0 aromatic heterocycles. The number of carbonyl (C=O) groups excluding carboxylic acids is 2. The number of allylic oxidation sites excluding steroid dienone is 3. The third-order valence-electron chi connectivity index (χ3n) is 3.21. The zero-order chi connectivity index (χ0) is 12.0. The maximum Gasteiger partial charge on any atom is 0.197 e. The minimum Gasteiger partial charge on any atom is -0.508 e. The number of benzene rings is 1. The van der Waals surface area contributed by atoms with Crippen LogP contribution in [0.3, 0.4) is 0 Å². The smallest absolute Gasteiger partial charge is 0.197 e. The quantitative estimate of drug-likeness (QED) is 0.733. The van der Waals surface area contributed by atoms with Gasteiger partial charge in [0.05, 0.1) is 5.57 Å². The summed E-state index contributed by atoms with van der Waals surface area (Å²) in [5.41, 5.74) is 1.48. The summed E-state index contributed by atoms with van der Waals surface area (Å²) < 4.78 is 0. The van der Waals surface area contributed by atoms with Gasteiger partial charge in [-0.05, 0) is 18.9 Å². The van der Waals surface area contributed by atoms with Gasteiger partial charge in [-0.2, -0.15) is 0 Å². The van der Waals surface area contributed by atoms with Crippen molar-refractivity contribution in [2.45, 2.75) is 12.8 Å². The average molecular weight is 243 g/mol. The van der Waals surface area contributed by atoms with E-state index in [-0.39, 0.29) is 29.0 Å². The standard InChI is InChI=1S/C14H10O3.H3N/c15-11-7-3-6-10-12(11)14(17)9-5-2-1-4-8(9)13(10)16;/h1-2,4-5,7,15H,3,6H2;1H3. The molecule has 0 heterocycles. The number of aliphatic hydroxyl groups is 1. The maximum atomic E-state index is 12.2. The summed E-state index contributed by atoms with van der Waals surface area (Å²) in [6.45, 7) is 0. The number of rotatable bonds is 0. The largest absolute Gasteiger partial charge is 0.508 e. The lowest BCUT2D eigenvalue weighted by molar-refractivity contribution is 0.0967. The molecule has 0 atom stereocenters. The SMILES string of the molecule is N.O=C1C2=C(C(=O)c3ccccc31)C(O)=CCC2. The number of carbonyl (C=O) groups is 2. The Morgan fingerprint density at radius 1 is 1.00 bits per heavy atom. The normalized spacial score (nSPS) is 17.7. The first-order valence-corrected chi connectivity index (χ1v) is 5.51. The van der Waals surface area contributed by atoms with Crippen molar-refractivity contribution in [2.75, 3.05) is 0 Å². The van der Waals surface area contributed by atoms with Gasteiger partial charge in [0.2, 0.25) is 0 Å². The third-order valence-corrected chi connectivity index (χ3v) is 3.21. The summed E-state index contributed by atoms with van der Waals surface area (Å²) in [5.74, 6) is -0.433. The molecule has 0 amide bonds. The van der Waals surface area contributed by atoms with Gasteiger partial charge in [0, 0.05) is 16.7 Å². The predicted molar refractivity (Wildman–Crippen MR) is 67.1 cm³/mol. The second kappa shape index (κ2) is 4.23. The van der Waals surface area contributed by atoms with Crippen LogP contribution in [0.15, 0.2) is 47.2 Å². The van der Waals surface area contributed by atoms with Crippen molar-refractivity contribution >= 4 is 11.6 Å². The van der Waals surface area contributed by atoms with Crippen LogP contribution in [-0.2, 0) is 0 Å². The molecule has 18 heavy (non-hydrogen) atoms. The summed E-state index contributed by atoms with van der Waals surface area (Å²) in [7, 11) is 0. The number of Topliss-reactive ketones (excluding diaryl/α,β-unsaturated/α-hetero) is 2. The van der Waals surface area contributed by atoms with Crippen LogP contribution in [-0.4, -0.2) is 16.7 Å². The van der Waals surface area contributed by atoms with Gasteiger partial charge >= 0.3 is 0 Å². The van der Waals surface area contributed by atoms with Crippen molar-refractivity contribution in [3.63, 3.8) is 0 Å². The van der Waals surface area contributed by atoms with E-state index < -0.39 is 0 Å². The maximum absolute atomic E-state index is 12.2. The highest BCUT2D eigenvalue weighted by Crippen LogP contribution is 2.34. The van der Waals surface area contributed by atoms with Crippen molar-refractivity contribution in [1.29, 1.82) is 0 Å². The van der Waals surface area contributed by atoms with Gasteiger partial charge in [-0.3, -0.25) is 9.59 Å². The highest BCUT2D eigenvalue weighted by atomic mass is 16.3. The third kappa shape index (κ3) is 1.50. The molecule has 0 bridgehead atoms. The number of ketones is 2. The van der Waals surface area contributed by atoms with Crippen LogP contribution in [0.1, 0.15) is 33.6 Å². The van der Waals surface area contributed by atoms with Crippen LogP contribution in [0.5, 0.6) is 0 Å². The first kappa shape index (κ1) is 12.3. The summed E-state index contributed by atoms with van der Waals surface area (Å²) in [6, 6.07) is 6.75. The highest BCUT2D eigenvalue weighted by Gasteiger charge is 2.34. The van der Waals surface area contributed by atoms with Gasteiger partial charge in [0.1, 0.15) is 5.76 Å². The Labute approximate surface area is 104 Å². The molecular formula is C14H13NO3. The Hall–Kier alpha value is -2.20. The molecule has 0 fully saturated rings. The molecule has 4 N–H and O–H groups in total. The molecule has 3 rings (SSSR count). The predicted octanol–water partition coefficient (Wildman–Crippen LogP) is 2.76. The van der Waals surface area contributed by atoms with Crippen molar-refractivity contribution in [3.8, 4) is 0 Å². The van der Waals surface area contributed by atoms with E-state index in [9.17, 15) is 14.7 Å². The Bertz CT molecular complexity index is 611. The summed E-state index contributed by atoms with van der Waals surface area (Å²) in [6.07, 6.45) is 2.72. The number of aliphatic hydroxyl groups excluding tert-OH is 1. The van der Waals surface area contributed by atoms with E-state index in [0.717, 1.165) is 0 Å². The van der Waals surface area contributed by atoms with E-state index in [2.05, 4.69) is 0 Å². The second-order valence-electron chi connectivity index (χ2n) is 4.19. The van der Waals surface area contributed by atoms with Crippen LogP contribution in [0, 0.1) is 0 Å². The van der Waals surface area contributed by atoms with Gasteiger partial charge < -0.3 is 11.3 Å². The fraction of sp³-hybridized carbons (Fsp3) is 0.143. The summed E-state index contributed by atoms with van der Waals surface area (Å²) in [4.78, 5) is 24.4. The molecule has 0 unspecified atom stereocenters. The van der Waals surface area contributed by atoms with Gasteiger partial charge in [-0.15, -0.1) is 0 Å². The zero-order valence-electron chi connectivity index (χ0n) is 9.77. The molecule has 1 aromatic carbocycles. The first-order chi connectivity index (χ1) is 8.20. The van der Waals surface area contributed by atoms with E-state index >= 15 is 0 Å². The molecule has 0 saturated carbocycles. The van der Waals surface area contributed by atoms with Crippen LogP contribution in [0.25, 0.3) is 0 Å². The average Bonchev–Trinajstić information content (AvgIpc) is 2.36. The van der Waals surface area contributed by atoms with E-state index in [4.69, 9.17) is 0 Å². The summed E-state index contributed by atoms with van der Waals surface area (Å²) >= 11 is 0. The fourth-order valence-electron chi connectivity index (χ4n) is 2.39. The minimum atomic E-state index is -0.247. The summed E-state index contributed by atoms with van der Waals surface area (Å²) in [5, 5.41) is 9.75. The first-order valence-electron chi connectivity index (χ1n) is 5.51. The Balaban J connectivity index is 0.00000120. The van der Waals surface area contributed by atoms with Crippen LogP contribution in [0.2, 0.25) is 0 Å². The van der Waals surface area contributed by atoms with Crippen molar-refractivity contribution in [1.82, 2.24) is 6.15 Å². The number of fused-ring (bicyclic) bond motifs is 1. The van der Waals surface area contributed by atoms with Crippen molar-refractivity contribution < 1.29 is 14.7 Å². The molecule has 2 aliphatic carbocycles. The zero-order valence-corrected chi connectivity index (χ0v) is 9.77. The molecule has 2 aliphatic rings. The van der Waals surface area contributed by atoms with Crippen molar-refractivity contribution in [2.24, 2.45) is 0 Å². The lowest BCUT2D eigenvalue weighted by atomic mass is 9.79. The van der Waals surface area contributed by atoms with Crippen LogP contribution in [0.4, 0.5) is 0 Å². The van der Waals surface area contributed by atoms with Gasteiger partial charge in [-0.25, -0.2) is 0 Å². The molecule has 0 spiro atoms. The Morgan fingerprint density at radius 2 is 1.61 bits per heavy atom. The minimum absolute atomic E-state index is 0. The van der Waals surface area contributed by atoms with E-state index in [1.807, 2.05) is 0 Å². The monoisotopic (exact) mass is 243 g/mol. The molecule has 0 radical (unpaired) electrons. The van der Waals surface area contributed by atoms with Crippen LogP contribution >= 0.6 is 0 Å². The Kier molecular flexibility index (Phi) is 2.88. The lowest BCUT2D eigenvalue weighted by Gasteiger charge is -2.22. The van der Waals surface area contributed by atoms with Crippen molar-refractivity contribution in [3.05, 3.63) is 58.4 Å². The number of hydrogen-bond donors (Lipinski definition) is 2. The number of hydrogen-bond acceptors (Lipinski definition) is 4. The van der Waals surface area contributed by atoms with Gasteiger partial charge in [-0.1, -0.05) is 24.3 Å². The lowest BCUT2D eigenvalue weighted by Crippen LogP contribution is -2.24.